The van der Waals surface area contributed by atoms with E-state index in [2.05, 4.69) is 22.0 Å². The number of rotatable bonds is 4. The minimum atomic E-state index is 0. The summed E-state index contributed by atoms with van der Waals surface area (Å²) in [5, 5.41) is 0. The maximum atomic E-state index is 5.84. The summed E-state index contributed by atoms with van der Waals surface area (Å²) in [5.41, 5.74) is 6.60. The van der Waals surface area contributed by atoms with Crippen LogP contribution >= 0.6 is 51.7 Å². The first-order chi connectivity index (χ1) is 6.29. The molecule has 0 aliphatic heterocycles. The number of hydrogen-bond acceptors (Lipinski definition) is 2. The molecule has 1 aromatic carbocycles. The molecule has 0 aliphatic carbocycles. The monoisotopic (exact) mass is 315 g/mol. The summed E-state index contributed by atoms with van der Waals surface area (Å²) in [6.07, 6.45) is 0. The van der Waals surface area contributed by atoms with Gasteiger partial charge in [-0.15, -0.1) is 35.8 Å². The van der Waals surface area contributed by atoms with E-state index in [1.807, 2.05) is 12.1 Å². The molecule has 2 N–H and O–H groups in total. The van der Waals surface area contributed by atoms with Crippen molar-refractivity contribution in [3.63, 3.8) is 0 Å². The first-order valence-electron chi connectivity index (χ1n) is 3.95. The van der Waals surface area contributed by atoms with E-state index in [1.54, 1.807) is 11.8 Å². The molecule has 0 aromatic heterocycles. The predicted octanol–water partition coefficient (Wildman–Crippen LogP) is 3.66. The van der Waals surface area contributed by atoms with Crippen molar-refractivity contribution in [2.24, 2.45) is 5.73 Å². The highest BCUT2D eigenvalue weighted by Gasteiger charge is 2.04. The van der Waals surface area contributed by atoms with Gasteiger partial charge in [0.1, 0.15) is 0 Å². The van der Waals surface area contributed by atoms with E-state index in [1.165, 1.54) is 4.90 Å². The SMILES string of the molecule is Cl.NCCSc1cccc(Br)c1CCl. The zero-order chi connectivity index (χ0) is 9.68. The Morgan fingerprint density at radius 3 is 2.71 bits per heavy atom. The fourth-order valence-electron chi connectivity index (χ4n) is 0.973. The van der Waals surface area contributed by atoms with Gasteiger partial charge in [0.2, 0.25) is 0 Å². The first kappa shape index (κ1) is 14.6. The Morgan fingerprint density at radius 1 is 1.43 bits per heavy atom. The van der Waals surface area contributed by atoms with Gasteiger partial charge in [0, 0.05) is 27.5 Å². The van der Waals surface area contributed by atoms with Crippen LogP contribution in [0.3, 0.4) is 0 Å². The lowest BCUT2D eigenvalue weighted by molar-refractivity contribution is 1.14. The number of alkyl halides is 1. The zero-order valence-corrected chi connectivity index (χ0v) is 11.5. The zero-order valence-electron chi connectivity index (χ0n) is 7.50. The highest BCUT2D eigenvalue weighted by molar-refractivity contribution is 9.10. The average molecular weight is 317 g/mol. The molecule has 1 aromatic rings. The smallest absolute Gasteiger partial charge is 0.0496 e. The summed E-state index contributed by atoms with van der Waals surface area (Å²) in [4.78, 5) is 1.22. The van der Waals surface area contributed by atoms with Crippen LogP contribution in [0.2, 0.25) is 0 Å². The molecule has 0 spiro atoms. The molecule has 1 rings (SSSR count). The highest BCUT2D eigenvalue weighted by atomic mass is 79.9. The van der Waals surface area contributed by atoms with Crippen molar-refractivity contribution in [2.75, 3.05) is 12.3 Å². The number of halogens is 3. The topological polar surface area (TPSA) is 26.0 Å². The molecule has 0 amide bonds. The van der Waals surface area contributed by atoms with Crippen molar-refractivity contribution in [3.05, 3.63) is 28.2 Å². The average Bonchev–Trinajstić information content (AvgIpc) is 2.15. The molecule has 0 bridgehead atoms. The van der Waals surface area contributed by atoms with Crippen molar-refractivity contribution < 1.29 is 0 Å². The lowest BCUT2D eigenvalue weighted by atomic mass is 10.2. The Hall–Kier alpha value is 0.590. The van der Waals surface area contributed by atoms with Gasteiger partial charge in [0.05, 0.1) is 0 Å². The standard InChI is InChI=1S/C9H11BrClNS.ClH/c10-8-2-1-3-9(7(8)6-11)13-5-4-12;/h1-3H,4-6,12H2;1H. The summed E-state index contributed by atoms with van der Waals surface area (Å²) in [6.45, 7) is 0.693. The van der Waals surface area contributed by atoms with Crippen molar-refractivity contribution in [1.82, 2.24) is 0 Å². The molecule has 0 aliphatic rings. The number of benzene rings is 1. The van der Waals surface area contributed by atoms with Crippen molar-refractivity contribution in [1.29, 1.82) is 0 Å². The lowest BCUT2D eigenvalue weighted by Crippen LogP contribution is -2.01. The summed E-state index contributed by atoms with van der Waals surface area (Å²) in [7, 11) is 0. The van der Waals surface area contributed by atoms with E-state index < -0.39 is 0 Å². The Balaban J connectivity index is 0.00000169. The van der Waals surface area contributed by atoms with Gasteiger partial charge in [-0.25, -0.2) is 0 Å². The second kappa shape index (κ2) is 7.83. The third-order valence-electron chi connectivity index (χ3n) is 1.58. The van der Waals surface area contributed by atoms with E-state index >= 15 is 0 Å². The molecule has 0 fully saturated rings. The highest BCUT2D eigenvalue weighted by Crippen LogP contribution is 2.29. The van der Waals surface area contributed by atoms with Crippen LogP contribution in [0.1, 0.15) is 5.56 Å². The normalized spacial score (nSPS) is 9.64. The van der Waals surface area contributed by atoms with Crippen LogP contribution in [-0.2, 0) is 5.88 Å². The van der Waals surface area contributed by atoms with Gasteiger partial charge in [-0.2, -0.15) is 0 Å². The molecule has 0 unspecified atom stereocenters. The maximum absolute atomic E-state index is 5.84. The number of hydrogen-bond donors (Lipinski definition) is 1. The van der Waals surface area contributed by atoms with Crippen LogP contribution < -0.4 is 5.73 Å². The van der Waals surface area contributed by atoms with E-state index in [4.69, 9.17) is 17.3 Å². The third kappa shape index (κ3) is 3.99. The summed E-state index contributed by atoms with van der Waals surface area (Å²) >= 11 is 11.1. The molecule has 80 valence electrons. The van der Waals surface area contributed by atoms with Crippen LogP contribution in [0.25, 0.3) is 0 Å². The molecule has 0 heterocycles. The van der Waals surface area contributed by atoms with Gasteiger partial charge in [-0.1, -0.05) is 22.0 Å². The molecule has 0 atom stereocenters. The van der Waals surface area contributed by atoms with Gasteiger partial charge < -0.3 is 5.73 Å². The number of thioether (sulfide) groups is 1. The molecule has 14 heavy (non-hydrogen) atoms. The summed E-state index contributed by atoms with van der Waals surface area (Å²) in [6, 6.07) is 6.09. The van der Waals surface area contributed by atoms with Gasteiger partial charge >= 0.3 is 0 Å². The van der Waals surface area contributed by atoms with Crippen LogP contribution in [0.5, 0.6) is 0 Å². The minimum absolute atomic E-state index is 0. The maximum Gasteiger partial charge on any atom is 0.0496 e. The quantitative estimate of drug-likeness (QED) is 0.677. The van der Waals surface area contributed by atoms with Crippen LogP contribution in [0.4, 0.5) is 0 Å². The van der Waals surface area contributed by atoms with Crippen LogP contribution in [0.15, 0.2) is 27.6 Å². The molecule has 0 radical (unpaired) electrons. The van der Waals surface area contributed by atoms with Gasteiger partial charge in [0.15, 0.2) is 0 Å². The van der Waals surface area contributed by atoms with E-state index in [0.717, 1.165) is 15.8 Å². The fourth-order valence-corrected chi connectivity index (χ4v) is 3.01. The Labute approximate surface area is 108 Å². The second-order valence-electron chi connectivity index (χ2n) is 2.49. The molecular weight excluding hydrogens is 305 g/mol. The van der Waals surface area contributed by atoms with E-state index in [0.29, 0.717) is 12.4 Å². The molecule has 1 nitrogen and oxygen atoms in total. The predicted molar refractivity (Wildman–Crippen MR) is 70.7 cm³/mol. The Morgan fingerprint density at radius 2 is 2.14 bits per heavy atom. The first-order valence-corrected chi connectivity index (χ1v) is 6.27. The van der Waals surface area contributed by atoms with Crippen LogP contribution in [0, 0.1) is 0 Å². The van der Waals surface area contributed by atoms with Gasteiger partial charge in [0.25, 0.3) is 0 Å². The fraction of sp³-hybridized carbons (Fsp3) is 0.333. The van der Waals surface area contributed by atoms with Crippen LogP contribution in [-0.4, -0.2) is 12.3 Å². The lowest BCUT2D eigenvalue weighted by Gasteiger charge is -2.07. The Kier molecular flexibility index (Phi) is 8.16. The van der Waals surface area contributed by atoms with Crippen molar-refractivity contribution >= 4 is 51.7 Å². The van der Waals surface area contributed by atoms with Crippen molar-refractivity contribution in [3.8, 4) is 0 Å². The molecule has 0 saturated heterocycles. The summed E-state index contributed by atoms with van der Waals surface area (Å²) < 4.78 is 1.07. The molecular formula is C9H12BrCl2NS. The minimum Gasteiger partial charge on any atom is -0.330 e. The second-order valence-corrected chi connectivity index (χ2v) is 4.75. The third-order valence-corrected chi connectivity index (χ3v) is 3.73. The molecule has 5 heteroatoms. The number of nitrogens with two attached hydrogens (primary N) is 1. The Bertz CT molecular complexity index is 284. The van der Waals surface area contributed by atoms with Gasteiger partial charge in [-0.3, -0.25) is 0 Å². The largest absolute Gasteiger partial charge is 0.330 e. The van der Waals surface area contributed by atoms with E-state index in [-0.39, 0.29) is 12.4 Å². The van der Waals surface area contributed by atoms with Crippen molar-refractivity contribution in [2.45, 2.75) is 10.8 Å². The van der Waals surface area contributed by atoms with E-state index in [9.17, 15) is 0 Å². The summed E-state index contributed by atoms with van der Waals surface area (Å²) in [5.74, 6) is 1.47. The van der Waals surface area contributed by atoms with Gasteiger partial charge in [-0.05, 0) is 17.7 Å². The molecule has 0 saturated carbocycles.